The monoisotopic (exact) mass is 252 g/mol. The summed E-state index contributed by atoms with van der Waals surface area (Å²) in [6.45, 7) is 0.466. The molecular formula is C12H16N2O4. The number of nitrogens with one attached hydrogen (secondary N) is 2. The lowest BCUT2D eigenvalue weighted by atomic mass is 10.2. The molecule has 0 aromatic carbocycles. The molecule has 3 N–H and O–H groups in total. The summed E-state index contributed by atoms with van der Waals surface area (Å²) in [5.41, 5.74) is 1.33. The number of urea groups is 1. The van der Waals surface area contributed by atoms with E-state index >= 15 is 0 Å². The minimum absolute atomic E-state index is 0.466. The van der Waals surface area contributed by atoms with Crippen molar-refractivity contribution in [2.24, 2.45) is 0 Å². The van der Waals surface area contributed by atoms with E-state index in [0.29, 0.717) is 12.6 Å². The zero-order valence-corrected chi connectivity index (χ0v) is 9.94. The lowest BCUT2D eigenvalue weighted by Gasteiger charge is -2.05. The number of carboxylic acid groups (broad SMARTS) is 1. The van der Waals surface area contributed by atoms with Crippen LogP contribution in [-0.4, -0.2) is 29.6 Å². The number of carboxylic acids is 1. The van der Waals surface area contributed by atoms with Crippen molar-refractivity contribution < 1.29 is 19.5 Å². The van der Waals surface area contributed by atoms with Crippen molar-refractivity contribution in [2.75, 3.05) is 6.54 Å². The van der Waals surface area contributed by atoms with Crippen LogP contribution >= 0.6 is 0 Å². The fraction of sp³-hybridized carbons (Fsp3) is 0.417. The second kappa shape index (κ2) is 7.26. The van der Waals surface area contributed by atoms with Gasteiger partial charge < -0.3 is 10.4 Å². The van der Waals surface area contributed by atoms with Crippen molar-refractivity contribution in [3.05, 3.63) is 23.8 Å². The summed E-state index contributed by atoms with van der Waals surface area (Å²) in [6.07, 6.45) is 7.75. The van der Waals surface area contributed by atoms with E-state index in [0.717, 1.165) is 25.3 Å². The van der Waals surface area contributed by atoms with Gasteiger partial charge in [0.1, 0.15) is 0 Å². The molecule has 6 nitrogen and oxygen atoms in total. The highest BCUT2D eigenvalue weighted by atomic mass is 16.4. The number of carbonyl (C=O) groups is 3. The second-order valence-corrected chi connectivity index (χ2v) is 3.92. The number of hydrogen-bond acceptors (Lipinski definition) is 3. The van der Waals surface area contributed by atoms with E-state index in [-0.39, 0.29) is 0 Å². The van der Waals surface area contributed by atoms with E-state index in [1.807, 2.05) is 5.32 Å². The largest absolute Gasteiger partial charge is 0.478 e. The topological polar surface area (TPSA) is 95.5 Å². The molecule has 0 atom stereocenters. The van der Waals surface area contributed by atoms with E-state index < -0.39 is 17.9 Å². The molecule has 0 saturated carbocycles. The maximum absolute atomic E-state index is 11.2. The zero-order valence-electron chi connectivity index (χ0n) is 9.94. The summed E-state index contributed by atoms with van der Waals surface area (Å²) in [6, 6.07) is -0.617. The van der Waals surface area contributed by atoms with Gasteiger partial charge in [-0.25, -0.2) is 9.59 Å². The predicted octanol–water partition coefficient (Wildman–Crippen LogP) is 0.953. The fourth-order valence-electron chi connectivity index (χ4n) is 1.65. The minimum atomic E-state index is -1.24. The van der Waals surface area contributed by atoms with Crippen molar-refractivity contribution in [2.45, 2.75) is 25.7 Å². The first-order valence-corrected chi connectivity index (χ1v) is 5.75. The van der Waals surface area contributed by atoms with Crippen molar-refractivity contribution >= 4 is 17.9 Å². The molecule has 0 radical (unpaired) electrons. The number of aliphatic carboxylic acids is 1. The third kappa shape index (κ3) is 5.83. The van der Waals surface area contributed by atoms with Gasteiger partial charge in [-0.05, 0) is 25.7 Å². The van der Waals surface area contributed by atoms with E-state index in [1.54, 1.807) is 0 Å². The Labute approximate surface area is 105 Å². The number of carbonyl (C=O) groups excluding carboxylic acids is 2. The Bertz CT molecular complexity index is 399. The normalized spacial score (nSPS) is 14.3. The standard InChI is InChI=1S/C12H16N2O4/c15-10(5-6-11(16)17)14-12(18)13-8-7-9-3-1-2-4-9/h3,5-6H,1-2,4,7-8H2,(H,16,17)(H2,13,14,15,18)/b6-5+. The Hall–Kier alpha value is -2.11. The van der Waals surface area contributed by atoms with E-state index in [4.69, 9.17) is 5.11 Å². The van der Waals surface area contributed by atoms with Gasteiger partial charge in [0.15, 0.2) is 0 Å². The first kappa shape index (κ1) is 14.0. The first-order chi connectivity index (χ1) is 8.58. The molecule has 6 heteroatoms. The van der Waals surface area contributed by atoms with Gasteiger partial charge in [0, 0.05) is 18.7 Å². The van der Waals surface area contributed by atoms with E-state index in [1.165, 1.54) is 12.0 Å². The van der Waals surface area contributed by atoms with Crippen LogP contribution in [0.25, 0.3) is 0 Å². The van der Waals surface area contributed by atoms with Gasteiger partial charge in [0.05, 0.1) is 0 Å². The molecule has 1 rings (SSSR count). The van der Waals surface area contributed by atoms with Crippen LogP contribution in [-0.2, 0) is 9.59 Å². The molecule has 0 spiro atoms. The van der Waals surface area contributed by atoms with Gasteiger partial charge in [0.2, 0.25) is 0 Å². The van der Waals surface area contributed by atoms with Crippen LogP contribution in [0.3, 0.4) is 0 Å². The van der Waals surface area contributed by atoms with Crippen molar-refractivity contribution in [1.82, 2.24) is 10.6 Å². The van der Waals surface area contributed by atoms with Crippen LogP contribution < -0.4 is 10.6 Å². The lowest BCUT2D eigenvalue weighted by molar-refractivity contribution is -0.131. The fourth-order valence-corrected chi connectivity index (χ4v) is 1.65. The molecule has 1 aliphatic rings. The van der Waals surface area contributed by atoms with Crippen LogP contribution in [0, 0.1) is 0 Å². The Balaban J connectivity index is 2.16. The van der Waals surface area contributed by atoms with E-state index in [9.17, 15) is 14.4 Å². The van der Waals surface area contributed by atoms with Gasteiger partial charge in [-0.15, -0.1) is 0 Å². The van der Waals surface area contributed by atoms with Crippen molar-refractivity contribution in [3.8, 4) is 0 Å². The van der Waals surface area contributed by atoms with Gasteiger partial charge in [-0.2, -0.15) is 0 Å². The molecule has 0 aromatic heterocycles. The Morgan fingerprint density at radius 3 is 2.72 bits per heavy atom. The Morgan fingerprint density at radius 1 is 1.33 bits per heavy atom. The number of allylic oxidation sites excluding steroid dienone is 1. The molecule has 98 valence electrons. The summed E-state index contributed by atoms with van der Waals surface area (Å²) < 4.78 is 0. The highest BCUT2D eigenvalue weighted by Gasteiger charge is 2.07. The maximum atomic E-state index is 11.2. The number of imide groups is 1. The summed E-state index contributed by atoms with van der Waals surface area (Å²) in [5.74, 6) is -1.99. The van der Waals surface area contributed by atoms with Crippen molar-refractivity contribution in [1.29, 1.82) is 0 Å². The molecule has 0 bridgehead atoms. The van der Waals surface area contributed by atoms with Crippen LogP contribution in [0.15, 0.2) is 23.8 Å². The Kier molecular flexibility index (Phi) is 5.63. The first-order valence-electron chi connectivity index (χ1n) is 5.75. The highest BCUT2D eigenvalue weighted by Crippen LogP contribution is 2.19. The average molecular weight is 252 g/mol. The Morgan fingerprint density at radius 2 is 2.11 bits per heavy atom. The number of amides is 3. The van der Waals surface area contributed by atoms with Crippen LogP contribution in [0.4, 0.5) is 4.79 Å². The predicted molar refractivity (Wildman–Crippen MR) is 64.9 cm³/mol. The molecule has 0 aromatic rings. The molecular weight excluding hydrogens is 236 g/mol. The number of hydrogen-bond donors (Lipinski definition) is 3. The quantitative estimate of drug-likeness (QED) is 0.501. The molecule has 0 unspecified atom stereocenters. The highest BCUT2D eigenvalue weighted by molar-refractivity contribution is 6.02. The summed E-state index contributed by atoms with van der Waals surface area (Å²) >= 11 is 0. The second-order valence-electron chi connectivity index (χ2n) is 3.92. The van der Waals surface area contributed by atoms with Gasteiger partial charge in [-0.3, -0.25) is 10.1 Å². The van der Waals surface area contributed by atoms with Gasteiger partial charge in [0.25, 0.3) is 5.91 Å². The third-order valence-corrected chi connectivity index (χ3v) is 2.48. The minimum Gasteiger partial charge on any atom is -0.478 e. The zero-order chi connectivity index (χ0) is 13.4. The summed E-state index contributed by atoms with van der Waals surface area (Å²) in [7, 11) is 0. The van der Waals surface area contributed by atoms with Crippen LogP contribution in [0.1, 0.15) is 25.7 Å². The smallest absolute Gasteiger partial charge is 0.328 e. The molecule has 18 heavy (non-hydrogen) atoms. The SMILES string of the molecule is O=C(O)/C=C/C(=O)NC(=O)NCCC1=CCCC1. The van der Waals surface area contributed by atoms with Gasteiger partial charge >= 0.3 is 12.0 Å². The molecule has 3 amide bonds. The van der Waals surface area contributed by atoms with Crippen LogP contribution in [0.2, 0.25) is 0 Å². The third-order valence-electron chi connectivity index (χ3n) is 2.48. The average Bonchev–Trinajstić information content (AvgIpc) is 2.79. The van der Waals surface area contributed by atoms with E-state index in [2.05, 4.69) is 11.4 Å². The van der Waals surface area contributed by atoms with Crippen LogP contribution in [0.5, 0.6) is 0 Å². The molecule has 0 aliphatic heterocycles. The summed E-state index contributed by atoms with van der Waals surface area (Å²) in [4.78, 5) is 32.4. The molecule has 0 heterocycles. The number of rotatable bonds is 5. The lowest BCUT2D eigenvalue weighted by Crippen LogP contribution is -2.39. The molecule has 1 aliphatic carbocycles. The van der Waals surface area contributed by atoms with Crippen molar-refractivity contribution in [3.63, 3.8) is 0 Å². The van der Waals surface area contributed by atoms with Gasteiger partial charge in [-0.1, -0.05) is 11.6 Å². The molecule has 0 fully saturated rings. The summed E-state index contributed by atoms with van der Waals surface area (Å²) in [5, 5.41) is 12.8. The molecule has 0 saturated heterocycles. The maximum Gasteiger partial charge on any atom is 0.328 e.